The standard InChI is InChI=1S/C30H38ClNO2S/c31-27-17-11-23(12-18-27)21-35-29(30(34)32-20-22-7-3-1-4-8-22)19-28(33)26-15-13-25(14-16-26)24-9-5-2-6-10-24/h11-18,22,24,29H,1-10,19-21H2,(H,32,34). The lowest BCUT2D eigenvalue weighted by Crippen LogP contribution is -2.37. The van der Waals surface area contributed by atoms with E-state index in [1.807, 2.05) is 36.4 Å². The third-order valence-electron chi connectivity index (χ3n) is 7.63. The van der Waals surface area contributed by atoms with Crippen molar-refractivity contribution in [3.8, 4) is 0 Å². The van der Waals surface area contributed by atoms with Crippen molar-refractivity contribution < 1.29 is 9.59 Å². The lowest BCUT2D eigenvalue weighted by molar-refractivity contribution is -0.120. The van der Waals surface area contributed by atoms with E-state index in [9.17, 15) is 9.59 Å². The van der Waals surface area contributed by atoms with E-state index in [4.69, 9.17) is 11.6 Å². The van der Waals surface area contributed by atoms with Gasteiger partial charge < -0.3 is 5.32 Å². The number of rotatable bonds is 10. The van der Waals surface area contributed by atoms with E-state index in [1.165, 1.54) is 69.8 Å². The number of thioether (sulfide) groups is 1. The fourth-order valence-corrected chi connectivity index (χ4v) is 6.63. The Hall–Kier alpha value is -1.78. The monoisotopic (exact) mass is 511 g/mol. The Morgan fingerprint density at radius 2 is 1.49 bits per heavy atom. The molecule has 0 saturated heterocycles. The lowest BCUT2D eigenvalue weighted by Gasteiger charge is -2.23. The number of amides is 1. The Kier molecular flexibility index (Phi) is 10.1. The van der Waals surface area contributed by atoms with E-state index in [0.717, 1.165) is 12.1 Å². The van der Waals surface area contributed by atoms with Crippen molar-refractivity contribution in [3.05, 3.63) is 70.2 Å². The fraction of sp³-hybridized carbons (Fsp3) is 0.533. The first-order valence-electron chi connectivity index (χ1n) is 13.4. The molecule has 2 aliphatic carbocycles. The Morgan fingerprint density at radius 3 is 2.14 bits per heavy atom. The van der Waals surface area contributed by atoms with Crippen LogP contribution in [0.1, 0.15) is 98.0 Å². The number of Topliss-reactive ketones (excluding diaryl/α,β-unsaturated/α-hetero) is 1. The summed E-state index contributed by atoms with van der Waals surface area (Å²) in [4.78, 5) is 26.4. The van der Waals surface area contributed by atoms with Crippen LogP contribution in [0.25, 0.3) is 0 Å². The molecule has 0 radical (unpaired) electrons. The molecule has 1 unspecified atom stereocenters. The highest BCUT2D eigenvalue weighted by molar-refractivity contribution is 7.99. The zero-order chi connectivity index (χ0) is 24.5. The van der Waals surface area contributed by atoms with Crippen LogP contribution >= 0.6 is 23.4 Å². The number of ketones is 1. The van der Waals surface area contributed by atoms with Crippen LogP contribution in [0.5, 0.6) is 0 Å². The van der Waals surface area contributed by atoms with Gasteiger partial charge in [0.05, 0.1) is 5.25 Å². The average molecular weight is 512 g/mol. The van der Waals surface area contributed by atoms with Crippen LogP contribution < -0.4 is 5.32 Å². The average Bonchev–Trinajstić information content (AvgIpc) is 2.91. The number of halogens is 1. The first-order chi connectivity index (χ1) is 17.1. The van der Waals surface area contributed by atoms with Gasteiger partial charge in [-0.2, -0.15) is 0 Å². The third kappa shape index (κ3) is 8.11. The van der Waals surface area contributed by atoms with Gasteiger partial charge in [0.2, 0.25) is 5.91 Å². The Balaban J connectivity index is 1.38. The van der Waals surface area contributed by atoms with Crippen molar-refractivity contribution in [1.29, 1.82) is 0 Å². The summed E-state index contributed by atoms with van der Waals surface area (Å²) in [6.45, 7) is 0.723. The molecule has 1 atom stereocenters. The Bertz CT molecular complexity index is 947. The summed E-state index contributed by atoms with van der Waals surface area (Å²) in [5.74, 6) is 1.90. The van der Waals surface area contributed by atoms with Crippen LogP contribution in [0.3, 0.4) is 0 Å². The van der Waals surface area contributed by atoms with Gasteiger partial charge in [-0.25, -0.2) is 0 Å². The second-order valence-electron chi connectivity index (χ2n) is 10.3. The van der Waals surface area contributed by atoms with Crippen LogP contribution in [0.15, 0.2) is 48.5 Å². The number of hydrogen-bond donors (Lipinski definition) is 1. The summed E-state index contributed by atoms with van der Waals surface area (Å²) in [7, 11) is 0. The molecule has 0 aromatic heterocycles. The molecule has 5 heteroatoms. The molecule has 3 nitrogen and oxygen atoms in total. The van der Waals surface area contributed by atoms with Crippen molar-refractivity contribution in [2.75, 3.05) is 6.54 Å². The van der Waals surface area contributed by atoms with Crippen molar-refractivity contribution >= 4 is 35.1 Å². The molecule has 2 aliphatic rings. The minimum atomic E-state index is -0.403. The Morgan fingerprint density at radius 1 is 0.857 bits per heavy atom. The van der Waals surface area contributed by atoms with E-state index in [0.29, 0.717) is 28.2 Å². The third-order valence-corrected chi connectivity index (χ3v) is 9.16. The summed E-state index contributed by atoms with van der Waals surface area (Å²) in [6.07, 6.45) is 12.8. The molecule has 35 heavy (non-hydrogen) atoms. The van der Waals surface area contributed by atoms with Crippen LogP contribution in [-0.2, 0) is 10.5 Å². The second kappa shape index (κ2) is 13.5. The van der Waals surface area contributed by atoms with Crippen molar-refractivity contribution in [1.82, 2.24) is 5.32 Å². The molecule has 0 aliphatic heterocycles. The molecule has 1 N–H and O–H groups in total. The number of carbonyl (C=O) groups excluding carboxylic acids is 2. The topological polar surface area (TPSA) is 46.2 Å². The number of nitrogens with one attached hydrogen (secondary N) is 1. The van der Waals surface area contributed by atoms with Crippen molar-refractivity contribution in [2.24, 2.45) is 5.92 Å². The molecule has 2 aromatic rings. The highest BCUT2D eigenvalue weighted by Gasteiger charge is 2.25. The van der Waals surface area contributed by atoms with E-state index in [2.05, 4.69) is 17.4 Å². The van der Waals surface area contributed by atoms with Crippen molar-refractivity contribution in [3.63, 3.8) is 0 Å². The molecular weight excluding hydrogens is 474 g/mol. The predicted molar refractivity (Wildman–Crippen MR) is 147 cm³/mol. The summed E-state index contributed by atoms with van der Waals surface area (Å²) < 4.78 is 0. The van der Waals surface area contributed by atoms with Crippen LogP contribution in [0.4, 0.5) is 0 Å². The molecule has 2 fully saturated rings. The smallest absolute Gasteiger partial charge is 0.233 e. The van der Waals surface area contributed by atoms with Gasteiger partial charge in [-0.3, -0.25) is 9.59 Å². The SMILES string of the molecule is O=C(CC(SCc1ccc(Cl)cc1)C(=O)NCC1CCCCC1)c1ccc(C2CCCCC2)cc1. The van der Waals surface area contributed by atoms with Crippen LogP contribution in [0, 0.1) is 5.92 Å². The lowest BCUT2D eigenvalue weighted by atomic mass is 9.84. The number of hydrogen-bond acceptors (Lipinski definition) is 3. The van der Waals surface area contributed by atoms with Crippen LogP contribution in [0.2, 0.25) is 5.02 Å². The maximum absolute atomic E-state index is 13.2. The highest BCUT2D eigenvalue weighted by atomic mass is 35.5. The molecule has 1 amide bonds. The minimum absolute atomic E-state index is 0.0123. The molecule has 2 saturated carbocycles. The van der Waals surface area contributed by atoms with Crippen LogP contribution in [-0.4, -0.2) is 23.5 Å². The summed E-state index contributed by atoms with van der Waals surface area (Å²) >= 11 is 7.57. The predicted octanol–water partition coefficient (Wildman–Crippen LogP) is 7.96. The van der Waals surface area contributed by atoms with Gasteiger partial charge in [0, 0.05) is 29.3 Å². The van der Waals surface area contributed by atoms with Gasteiger partial charge in [-0.1, -0.05) is 86.5 Å². The first-order valence-corrected chi connectivity index (χ1v) is 14.8. The van der Waals surface area contributed by atoms with E-state index < -0.39 is 5.25 Å². The number of benzene rings is 2. The first kappa shape index (κ1) is 26.3. The van der Waals surface area contributed by atoms with Gasteiger partial charge in [-0.05, 0) is 60.8 Å². The van der Waals surface area contributed by atoms with E-state index >= 15 is 0 Å². The zero-order valence-corrected chi connectivity index (χ0v) is 22.2. The maximum Gasteiger partial charge on any atom is 0.233 e. The summed E-state index contributed by atoms with van der Waals surface area (Å²) in [5.41, 5.74) is 3.16. The van der Waals surface area contributed by atoms with Gasteiger partial charge >= 0.3 is 0 Å². The largest absolute Gasteiger partial charge is 0.355 e. The van der Waals surface area contributed by atoms with Gasteiger partial charge in [0.1, 0.15) is 0 Å². The molecule has 188 valence electrons. The fourth-order valence-electron chi connectivity index (χ4n) is 5.42. The zero-order valence-electron chi connectivity index (χ0n) is 20.6. The summed E-state index contributed by atoms with van der Waals surface area (Å²) in [6, 6.07) is 15.9. The summed E-state index contributed by atoms with van der Waals surface area (Å²) in [5, 5.41) is 3.47. The van der Waals surface area contributed by atoms with E-state index in [1.54, 1.807) is 11.8 Å². The molecular formula is C30H38ClNO2S. The second-order valence-corrected chi connectivity index (χ2v) is 11.9. The minimum Gasteiger partial charge on any atom is -0.355 e. The highest BCUT2D eigenvalue weighted by Crippen LogP contribution is 2.33. The van der Waals surface area contributed by atoms with Gasteiger partial charge in [0.25, 0.3) is 0 Å². The molecule has 0 bridgehead atoms. The molecule has 0 spiro atoms. The van der Waals surface area contributed by atoms with E-state index in [-0.39, 0.29) is 18.1 Å². The Labute approximate surface area is 219 Å². The van der Waals surface area contributed by atoms with Crippen molar-refractivity contribution in [2.45, 2.75) is 87.5 Å². The molecule has 4 rings (SSSR count). The quantitative estimate of drug-likeness (QED) is 0.329. The maximum atomic E-state index is 13.2. The molecule has 0 heterocycles. The molecule has 2 aromatic carbocycles. The van der Waals surface area contributed by atoms with Gasteiger partial charge in [0.15, 0.2) is 5.78 Å². The van der Waals surface area contributed by atoms with Gasteiger partial charge in [-0.15, -0.1) is 11.8 Å². The number of carbonyl (C=O) groups is 2. The normalized spacial score (nSPS) is 18.2.